The van der Waals surface area contributed by atoms with Crippen LogP contribution in [-0.4, -0.2) is 24.3 Å². The minimum absolute atomic E-state index is 0.116. The molecular formula is C12H16Cl2N2O2. The van der Waals surface area contributed by atoms with E-state index in [0.29, 0.717) is 28.7 Å². The number of anilines is 1. The molecule has 0 aliphatic carbocycles. The van der Waals surface area contributed by atoms with E-state index in [2.05, 4.69) is 10.6 Å². The molecule has 0 aliphatic heterocycles. The zero-order chi connectivity index (χ0) is 13.5. The summed E-state index contributed by atoms with van der Waals surface area (Å²) in [6.07, 6.45) is 0.651. The van der Waals surface area contributed by atoms with Gasteiger partial charge in [-0.1, -0.05) is 36.2 Å². The average Bonchev–Trinajstić information content (AvgIpc) is 2.33. The van der Waals surface area contributed by atoms with Gasteiger partial charge >= 0.3 is 6.03 Å². The van der Waals surface area contributed by atoms with Crippen LogP contribution in [0.5, 0.6) is 0 Å². The lowest BCUT2D eigenvalue weighted by molar-refractivity contribution is 0.243. The van der Waals surface area contributed by atoms with Crippen LogP contribution >= 0.6 is 23.2 Å². The van der Waals surface area contributed by atoms with E-state index in [1.807, 2.05) is 6.92 Å². The van der Waals surface area contributed by atoms with Gasteiger partial charge in [-0.2, -0.15) is 0 Å². The van der Waals surface area contributed by atoms with Gasteiger partial charge in [0.05, 0.1) is 15.7 Å². The van der Waals surface area contributed by atoms with Crippen LogP contribution < -0.4 is 10.6 Å². The fraction of sp³-hybridized carbons (Fsp3) is 0.417. The van der Waals surface area contributed by atoms with E-state index in [9.17, 15) is 4.79 Å². The first-order valence-electron chi connectivity index (χ1n) is 5.64. The second-order valence-corrected chi connectivity index (χ2v) is 4.84. The van der Waals surface area contributed by atoms with E-state index in [1.54, 1.807) is 18.2 Å². The summed E-state index contributed by atoms with van der Waals surface area (Å²) in [5.41, 5.74) is 0.469. The summed E-state index contributed by atoms with van der Waals surface area (Å²) in [5, 5.41) is 14.8. The van der Waals surface area contributed by atoms with Crippen LogP contribution in [0.25, 0.3) is 0 Å². The van der Waals surface area contributed by atoms with E-state index in [1.165, 1.54) is 0 Å². The Bertz CT molecular complexity index is 413. The molecular weight excluding hydrogens is 275 g/mol. The lowest BCUT2D eigenvalue weighted by Crippen LogP contribution is -2.32. The minimum atomic E-state index is -0.344. The molecule has 4 nitrogen and oxygen atoms in total. The summed E-state index contributed by atoms with van der Waals surface area (Å²) in [6, 6.07) is 4.68. The number of rotatable bonds is 5. The Morgan fingerprint density at radius 3 is 2.83 bits per heavy atom. The molecule has 0 aromatic heterocycles. The van der Waals surface area contributed by atoms with Gasteiger partial charge in [0.1, 0.15) is 0 Å². The van der Waals surface area contributed by atoms with Crippen LogP contribution in [0.2, 0.25) is 10.0 Å². The van der Waals surface area contributed by atoms with Gasteiger partial charge in [-0.15, -0.1) is 0 Å². The van der Waals surface area contributed by atoms with Crippen molar-refractivity contribution in [2.24, 2.45) is 5.92 Å². The van der Waals surface area contributed by atoms with Crippen LogP contribution in [0.3, 0.4) is 0 Å². The highest BCUT2D eigenvalue weighted by Gasteiger charge is 2.09. The summed E-state index contributed by atoms with van der Waals surface area (Å²) in [4.78, 5) is 11.6. The molecule has 0 heterocycles. The molecule has 3 N–H and O–H groups in total. The highest BCUT2D eigenvalue weighted by atomic mass is 35.5. The number of carbonyl (C=O) groups excluding carboxylic acids is 1. The van der Waals surface area contributed by atoms with Crippen molar-refractivity contribution in [3.63, 3.8) is 0 Å². The smallest absolute Gasteiger partial charge is 0.319 e. The fourth-order valence-electron chi connectivity index (χ4n) is 1.36. The molecule has 6 heteroatoms. The zero-order valence-electron chi connectivity index (χ0n) is 10.0. The van der Waals surface area contributed by atoms with Crippen LogP contribution in [0.15, 0.2) is 18.2 Å². The van der Waals surface area contributed by atoms with E-state index < -0.39 is 0 Å². The number of nitrogens with one attached hydrogen (secondary N) is 2. The van der Waals surface area contributed by atoms with Crippen molar-refractivity contribution in [2.45, 2.75) is 13.3 Å². The summed E-state index contributed by atoms with van der Waals surface area (Å²) in [5.74, 6) is 0.218. The van der Waals surface area contributed by atoms with Gasteiger partial charge in [0.2, 0.25) is 0 Å². The van der Waals surface area contributed by atoms with Crippen LogP contribution in [0.4, 0.5) is 10.5 Å². The van der Waals surface area contributed by atoms with Gasteiger partial charge in [0.15, 0.2) is 0 Å². The number of urea groups is 1. The van der Waals surface area contributed by atoms with Crippen molar-refractivity contribution in [1.29, 1.82) is 0 Å². The molecule has 0 fully saturated rings. The number of amides is 2. The molecule has 1 rings (SSSR count). The zero-order valence-corrected chi connectivity index (χ0v) is 11.6. The molecule has 18 heavy (non-hydrogen) atoms. The standard InChI is InChI=1S/C12H16Cl2N2O2/c1-8(5-6-17)7-15-12(18)16-10-4-2-3-9(13)11(10)14/h2-4,8,17H,5-7H2,1H3,(H2,15,16,18). The van der Waals surface area contributed by atoms with Gasteiger partial charge in [0.25, 0.3) is 0 Å². The summed E-state index contributed by atoms with van der Waals surface area (Å²) >= 11 is 11.8. The van der Waals surface area contributed by atoms with E-state index >= 15 is 0 Å². The van der Waals surface area contributed by atoms with Crippen LogP contribution in [0, 0.1) is 5.92 Å². The van der Waals surface area contributed by atoms with Crippen molar-refractivity contribution in [3.8, 4) is 0 Å². The second kappa shape index (κ2) is 7.46. The minimum Gasteiger partial charge on any atom is -0.396 e. The Morgan fingerprint density at radius 2 is 2.17 bits per heavy atom. The Hall–Kier alpha value is -0.970. The topological polar surface area (TPSA) is 61.4 Å². The van der Waals surface area contributed by atoms with Crippen LogP contribution in [-0.2, 0) is 0 Å². The second-order valence-electron chi connectivity index (χ2n) is 4.05. The molecule has 0 spiro atoms. The number of aliphatic hydroxyl groups is 1. The summed E-state index contributed by atoms with van der Waals surface area (Å²) in [7, 11) is 0. The molecule has 1 aromatic carbocycles. The molecule has 0 bridgehead atoms. The molecule has 100 valence electrons. The molecule has 1 unspecified atom stereocenters. The summed E-state index contributed by atoms with van der Waals surface area (Å²) in [6.45, 7) is 2.55. The highest BCUT2D eigenvalue weighted by molar-refractivity contribution is 6.43. The third-order valence-electron chi connectivity index (χ3n) is 2.43. The Kier molecular flexibility index (Phi) is 6.25. The SMILES string of the molecule is CC(CCO)CNC(=O)Nc1cccc(Cl)c1Cl. The molecule has 1 aromatic rings. The molecule has 1 atom stereocenters. The Morgan fingerprint density at radius 1 is 1.44 bits per heavy atom. The van der Waals surface area contributed by atoms with Gasteiger partial charge in [-0.25, -0.2) is 4.79 Å². The predicted octanol–water partition coefficient (Wildman–Crippen LogP) is 3.13. The number of hydrogen-bond acceptors (Lipinski definition) is 2. The molecule has 0 radical (unpaired) electrons. The average molecular weight is 291 g/mol. The maximum Gasteiger partial charge on any atom is 0.319 e. The van der Waals surface area contributed by atoms with Gasteiger partial charge < -0.3 is 15.7 Å². The first kappa shape index (κ1) is 15.1. The van der Waals surface area contributed by atoms with Gasteiger partial charge in [0, 0.05) is 13.2 Å². The third kappa shape index (κ3) is 4.72. The maximum absolute atomic E-state index is 11.6. The van der Waals surface area contributed by atoms with Crippen molar-refractivity contribution in [1.82, 2.24) is 5.32 Å². The number of halogens is 2. The molecule has 0 saturated carbocycles. The van der Waals surface area contributed by atoms with Gasteiger partial charge in [-0.3, -0.25) is 0 Å². The number of hydrogen-bond donors (Lipinski definition) is 3. The number of benzene rings is 1. The lowest BCUT2D eigenvalue weighted by atomic mass is 10.1. The Labute approximate surface area is 116 Å². The number of carbonyl (C=O) groups is 1. The normalized spacial score (nSPS) is 12.0. The van der Waals surface area contributed by atoms with Crippen molar-refractivity contribution >= 4 is 34.9 Å². The number of aliphatic hydroxyl groups excluding tert-OH is 1. The molecule has 2 amide bonds. The highest BCUT2D eigenvalue weighted by Crippen LogP contribution is 2.29. The van der Waals surface area contributed by atoms with Crippen molar-refractivity contribution in [2.75, 3.05) is 18.5 Å². The van der Waals surface area contributed by atoms with E-state index in [4.69, 9.17) is 28.3 Å². The first-order valence-corrected chi connectivity index (χ1v) is 6.40. The largest absolute Gasteiger partial charge is 0.396 e. The molecule has 0 aliphatic rings. The summed E-state index contributed by atoms with van der Waals surface area (Å²) < 4.78 is 0. The Balaban J connectivity index is 2.47. The monoisotopic (exact) mass is 290 g/mol. The van der Waals surface area contributed by atoms with Crippen molar-refractivity contribution < 1.29 is 9.90 Å². The first-order chi connectivity index (χ1) is 8.54. The molecule has 0 saturated heterocycles. The lowest BCUT2D eigenvalue weighted by Gasteiger charge is -2.13. The quantitative estimate of drug-likeness (QED) is 0.780. The predicted molar refractivity (Wildman–Crippen MR) is 74.4 cm³/mol. The van der Waals surface area contributed by atoms with Crippen LogP contribution in [0.1, 0.15) is 13.3 Å². The maximum atomic E-state index is 11.6. The third-order valence-corrected chi connectivity index (χ3v) is 3.25. The van der Waals surface area contributed by atoms with Gasteiger partial charge in [-0.05, 0) is 24.5 Å². The van der Waals surface area contributed by atoms with Crippen molar-refractivity contribution in [3.05, 3.63) is 28.2 Å². The van der Waals surface area contributed by atoms with E-state index in [-0.39, 0.29) is 18.6 Å². The fourth-order valence-corrected chi connectivity index (χ4v) is 1.70. The van der Waals surface area contributed by atoms with E-state index in [0.717, 1.165) is 0 Å².